The van der Waals surface area contributed by atoms with Crippen LogP contribution in [0.15, 0.2) is 48.8 Å². The predicted molar refractivity (Wildman–Crippen MR) is 102 cm³/mol. The van der Waals surface area contributed by atoms with Gasteiger partial charge in [-0.1, -0.05) is 0 Å². The number of imide groups is 1. The van der Waals surface area contributed by atoms with Crippen molar-refractivity contribution in [2.75, 3.05) is 24.6 Å². The smallest absolute Gasteiger partial charge is 0.253 e. The summed E-state index contributed by atoms with van der Waals surface area (Å²) in [6.45, 7) is 4.16. The van der Waals surface area contributed by atoms with Gasteiger partial charge in [-0.3, -0.25) is 14.6 Å². The molecule has 3 aliphatic rings. The van der Waals surface area contributed by atoms with Crippen molar-refractivity contribution in [3.63, 3.8) is 0 Å². The molecule has 0 N–H and O–H groups in total. The Labute approximate surface area is 163 Å². The molecule has 3 aliphatic heterocycles. The lowest BCUT2D eigenvalue weighted by Gasteiger charge is -2.29. The highest BCUT2D eigenvalue weighted by atomic mass is 16.5. The van der Waals surface area contributed by atoms with Gasteiger partial charge in [-0.15, -0.1) is 0 Å². The second kappa shape index (κ2) is 6.68. The topological polar surface area (TPSA) is 66.0 Å². The fourth-order valence-corrected chi connectivity index (χ4v) is 4.79. The van der Waals surface area contributed by atoms with E-state index in [0.717, 1.165) is 30.8 Å². The van der Waals surface area contributed by atoms with Gasteiger partial charge in [-0.2, -0.15) is 0 Å². The maximum absolute atomic E-state index is 13.4. The zero-order chi connectivity index (χ0) is 19.3. The molecule has 7 nitrogen and oxygen atoms in total. The van der Waals surface area contributed by atoms with E-state index in [9.17, 15) is 9.59 Å². The van der Waals surface area contributed by atoms with Gasteiger partial charge in [-0.05, 0) is 55.3 Å². The molecule has 144 valence electrons. The van der Waals surface area contributed by atoms with Crippen molar-refractivity contribution in [1.82, 2.24) is 15.0 Å². The zero-order valence-corrected chi connectivity index (χ0v) is 15.7. The molecule has 28 heavy (non-hydrogen) atoms. The molecule has 1 aromatic heterocycles. The van der Waals surface area contributed by atoms with Crippen LogP contribution in [0.3, 0.4) is 0 Å². The van der Waals surface area contributed by atoms with Gasteiger partial charge in [0.05, 0.1) is 24.3 Å². The van der Waals surface area contributed by atoms with Crippen LogP contribution in [0.1, 0.15) is 24.9 Å². The number of pyridine rings is 1. The van der Waals surface area contributed by atoms with E-state index in [1.807, 2.05) is 19.1 Å². The van der Waals surface area contributed by atoms with Crippen LogP contribution in [0, 0.1) is 5.92 Å². The Bertz CT molecular complexity index is 902. The van der Waals surface area contributed by atoms with Crippen molar-refractivity contribution < 1.29 is 14.3 Å². The predicted octanol–water partition coefficient (Wildman–Crippen LogP) is 2.02. The van der Waals surface area contributed by atoms with Crippen molar-refractivity contribution >= 4 is 17.5 Å². The molecule has 0 unspecified atom stereocenters. The van der Waals surface area contributed by atoms with Crippen LogP contribution in [0.25, 0.3) is 0 Å². The minimum absolute atomic E-state index is 0.125. The van der Waals surface area contributed by atoms with Gasteiger partial charge in [-0.25, -0.2) is 14.9 Å². The highest BCUT2D eigenvalue weighted by Crippen LogP contribution is 2.48. The fraction of sp³-hybridized carbons (Fsp3) is 0.381. The molecule has 2 amide bonds. The van der Waals surface area contributed by atoms with Crippen LogP contribution in [0.5, 0.6) is 5.75 Å². The molecule has 0 aliphatic carbocycles. The van der Waals surface area contributed by atoms with Crippen LogP contribution < -0.4 is 9.64 Å². The lowest BCUT2D eigenvalue weighted by Crippen LogP contribution is -2.44. The number of carbonyl (C=O) groups is 2. The highest BCUT2D eigenvalue weighted by molar-refractivity contribution is 6.24. The quantitative estimate of drug-likeness (QED) is 0.759. The molecule has 0 bridgehead atoms. The third kappa shape index (κ3) is 2.47. The minimum atomic E-state index is -0.431. The van der Waals surface area contributed by atoms with Crippen LogP contribution in [-0.2, 0) is 9.59 Å². The number of rotatable bonds is 4. The first kappa shape index (κ1) is 17.3. The number of hydrogen-bond donors (Lipinski definition) is 0. The average molecular weight is 378 g/mol. The third-order valence-electron chi connectivity index (χ3n) is 5.86. The van der Waals surface area contributed by atoms with Gasteiger partial charge in [0.1, 0.15) is 11.8 Å². The van der Waals surface area contributed by atoms with Crippen molar-refractivity contribution in [3.8, 4) is 5.75 Å². The van der Waals surface area contributed by atoms with Gasteiger partial charge >= 0.3 is 0 Å². The van der Waals surface area contributed by atoms with E-state index in [-0.39, 0.29) is 17.9 Å². The number of benzene rings is 1. The summed E-state index contributed by atoms with van der Waals surface area (Å²) in [4.78, 5) is 32.2. The molecular formula is C21H22N4O3. The Balaban J connectivity index is 1.52. The highest BCUT2D eigenvalue weighted by Gasteiger charge is 2.62. The molecule has 0 radical (unpaired) electrons. The number of ether oxygens (including phenoxy) is 1. The molecule has 3 fully saturated rings. The molecule has 4 heterocycles. The van der Waals surface area contributed by atoms with E-state index >= 15 is 0 Å². The van der Waals surface area contributed by atoms with E-state index in [1.54, 1.807) is 36.7 Å². The first-order valence-corrected chi connectivity index (χ1v) is 9.74. The van der Waals surface area contributed by atoms with Crippen LogP contribution in [-0.4, -0.2) is 52.6 Å². The number of anilines is 1. The number of carbonyl (C=O) groups excluding carboxylic acids is 2. The minimum Gasteiger partial charge on any atom is -0.494 e. The summed E-state index contributed by atoms with van der Waals surface area (Å²) in [5.41, 5.74) is 1.64. The molecular weight excluding hydrogens is 356 g/mol. The van der Waals surface area contributed by atoms with Crippen molar-refractivity contribution in [2.24, 2.45) is 5.92 Å². The molecule has 3 atom stereocenters. The standard InChI is InChI=1S/C21H22N4O3/c1-2-28-16-6-4-15(5-7-16)25-20(26)17-18(14-8-10-22-11-9-14)23-12-3-13-24(23)19(17)21(25)27/h4-11,17-19H,2-3,12-13H2,1H3/t17-,18-,19+/m1/s1. The Morgan fingerprint density at radius 3 is 2.32 bits per heavy atom. The summed E-state index contributed by atoms with van der Waals surface area (Å²) in [6, 6.07) is 10.5. The van der Waals surface area contributed by atoms with E-state index < -0.39 is 12.0 Å². The second-order valence-corrected chi connectivity index (χ2v) is 7.31. The summed E-state index contributed by atoms with van der Waals surface area (Å²) in [5, 5.41) is 4.31. The Morgan fingerprint density at radius 2 is 1.64 bits per heavy atom. The number of hydrazine groups is 1. The average Bonchev–Trinajstić information content (AvgIpc) is 3.36. The Morgan fingerprint density at radius 1 is 0.964 bits per heavy atom. The Hall–Kier alpha value is -2.77. The summed E-state index contributed by atoms with van der Waals surface area (Å²) >= 11 is 0. The van der Waals surface area contributed by atoms with Crippen LogP contribution in [0.2, 0.25) is 0 Å². The van der Waals surface area contributed by atoms with E-state index in [4.69, 9.17) is 4.74 Å². The molecule has 1 aromatic carbocycles. The second-order valence-electron chi connectivity index (χ2n) is 7.31. The Kier molecular flexibility index (Phi) is 4.14. The van der Waals surface area contributed by atoms with Crippen molar-refractivity contribution in [3.05, 3.63) is 54.4 Å². The maximum Gasteiger partial charge on any atom is 0.253 e. The number of amides is 2. The number of nitrogens with zero attached hydrogens (tertiary/aromatic N) is 4. The third-order valence-corrected chi connectivity index (χ3v) is 5.86. The molecule has 3 saturated heterocycles. The van der Waals surface area contributed by atoms with Gasteiger partial charge < -0.3 is 4.74 Å². The molecule has 2 aromatic rings. The fourth-order valence-electron chi connectivity index (χ4n) is 4.79. The van der Waals surface area contributed by atoms with Gasteiger partial charge in [0.2, 0.25) is 5.91 Å². The van der Waals surface area contributed by atoms with Gasteiger partial charge in [0.25, 0.3) is 5.91 Å². The monoisotopic (exact) mass is 378 g/mol. The van der Waals surface area contributed by atoms with E-state index in [1.165, 1.54) is 4.90 Å². The summed E-state index contributed by atoms with van der Waals surface area (Å²) < 4.78 is 5.47. The van der Waals surface area contributed by atoms with Gasteiger partial charge in [0.15, 0.2) is 0 Å². The van der Waals surface area contributed by atoms with Crippen molar-refractivity contribution in [1.29, 1.82) is 0 Å². The summed E-state index contributed by atoms with van der Waals surface area (Å²) in [7, 11) is 0. The molecule has 5 rings (SSSR count). The van der Waals surface area contributed by atoms with Crippen LogP contribution >= 0.6 is 0 Å². The number of aromatic nitrogens is 1. The number of fused-ring (bicyclic) bond motifs is 3. The summed E-state index contributed by atoms with van der Waals surface area (Å²) in [6.07, 6.45) is 4.48. The van der Waals surface area contributed by atoms with E-state index in [2.05, 4.69) is 15.0 Å². The molecule has 0 spiro atoms. The normalized spacial score (nSPS) is 27.3. The van der Waals surface area contributed by atoms with Crippen LogP contribution in [0.4, 0.5) is 5.69 Å². The first-order valence-electron chi connectivity index (χ1n) is 9.74. The summed E-state index contributed by atoms with van der Waals surface area (Å²) in [5.74, 6) is 0.0608. The molecule has 0 saturated carbocycles. The van der Waals surface area contributed by atoms with E-state index in [0.29, 0.717) is 12.3 Å². The SMILES string of the molecule is CCOc1ccc(N2C(=O)[C@H]3[C@@H](C2=O)N2CCCN2[C@@H]3c2ccncc2)cc1. The first-order chi connectivity index (χ1) is 13.7. The lowest BCUT2D eigenvalue weighted by atomic mass is 9.90. The maximum atomic E-state index is 13.4. The lowest BCUT2D eigenvalue weighted by molar-refractivity contribution is -0.126. The van der Waals surface area contributed by atoms with Gasteiger partial charge in [0, 0.05) is 25.5 Å². The van der Waals surface area contributed by atoms with Crippen molar-refractivity contribution in [2.45, 2.75) is 25.4 Å². The molecule has 7 heteroatoms. The largest absolute Gasteiger partial charge is 0.494 e. The zero-order valence-electron chi connectivity index (χ0n) is 15.7. The number of hydrogen-bond acceptors (Lipinski definition) is 6.